The molecule has 2 aromatic carbocycles. The van der Waals surface area contributed by atoms with E-state index in [0.29, 0.717) is 12.5 Å². The number of carbonyl (C=O) groups is 1. The predicted octanol–water partition coefficient (Wildman–Crippen LogP) is 4.01. The molecule has 0 saturated carbocycles. The van der Waals surface area contributed by atoms with Gasteiger partial charge in [-0.2, -0.15) is 5.10 Å². The Morgan fingerprint density at radius 1 is 1.11 bits per heavy atom. The number of piperidine rings is 1. The van der Waals surface area contributed by atoms with E-state index in [1.807, 2.05) is 65.6 Å². The maximum Gasteiger partial charge on any atom is 0.253 e. The van der Waals surface area contributed by atoms with Crippen molar-refractivity contribution in [3.05, 3.63) is 72.4 Å². The van der Waals surface area contributed by atoms with E-state index in [2.05, 4.69) is 10.2 Å². The van der Waals surface area contributed by atoms with Crippen LogP contribution in [-0.4, -0.2) is 40.7 Å². The van der Waals surface area contributed by atoms with Crippen molar-refractivity contribution < 1.29 is 9.53 Å². The van der Waals surface area contributed by atoms with Crippen molar-refractivity contribution in [2.24, 2.45) is 5.92 Å². The molecule has 1 aliphatic rings. The van der Waals surface area contributed by atoms with Gasteiger partial charge in [-0.3, -0.25) is 9.89 Å². The van der Waals surface area contributed by atoms with Crippen molar-refractivity contribution in [1.82, 2.24) is 15.1 Å². The number of hydrogen-bond donors (Lipinski definition) is 1. The minimum absolute atomic E-state index is 0.0931. The molecule has 5 nitrogen and oxygen atoms in total. The molecular formula is C22H23N3O2. The van der Waals surface area contributed by atoms with Crippen LogP contribution in [0.15, 0.2) is 66.9 Å². The minimum atomic E-state index is 0.0931. The Labute approximate surface area is 159 Å². The standard InChI is InChI=1S/C22H23N3O2/c26-22(19-10-8-18(9-11-19)21-12-13-23-24-21)25-14-4-5-17(15-25)16-27-20-6-2-1-3-7-20/h1-3,6-13,17H,4-5,14-16H2,(H,23,24)/t17-/m0/s1. The largest absolute Gasteiger partial charge is 0.493 e. The van der Waals surface area contributed by atoms with Crippen LogP contribution >= 0.6 is 0 Å². The van der Waals surface area contributed by atoms with Gasteiger partial charge < -0.3 is 9.64 Å². The van der Waals surface area contributed by atoms with Gasteiger partial charge in [0.05, 0.1) is 12.3 Å². The summed E-state index contributed by atoms with van der Waals surface area (Å²) in [5.74, 6) is 1.35. The highest BCUT2D eigenvalue weighted by molar-refractivity contribution is 5.94. The maximum atomic E-state index is 12.9. The summed E-state index contributed by atoms with van der Waals surface area (Å²) in [4.78, 5) is 14.8. The second-order valence-electron chi connectivity index (χ2n) is 6.93. The number of para-hydroxylation sites is 1. The molecule has 0 unspecified atom stereocenters. The Morgan fingerprint density at radius 3 is 2.67 bits per heavy atom. The van der Waals surface area contributed by atoms with Crippen LogP contribution in [0.1, 0.15) is 23.2 Å². The SMILES string of the molecule is O=C(c1ccc(-c2ccn[nH]2)cc1)N1CCC[C@H](COc2ccccc2)C1. The third-order valence-corrected chi connectivity index (χ3v) is 4.98. The highest BCUT2D eigenvalue weighted by atomic mass is 16.5. The summed E-state index contributed by atoms with van der Waals surface area (Å²) in [6.45, 7) is 2.20. The lowest BCUT2D eigenvalue weighted by atomic mass is 9.98. The zero-order valence-corrected chi connectivity index (χ0v) is 15.2. The molecule has 1 saturated heterocycles. The fraction of sp³-hybridized carbons (Fsp3) is 0.273. The molecule has 1 amide bonds. The molecule has 3 aromatic rings. The van der Waals surface area contributed by atoms with E-state index in [1.165, 1.54) is 0 Å². The molecule has 1 N–H and O–H groups in total. The molecule has 27 heavy (non-hydrogen) atoms. The summed E-state index contributed by atoms with van der Waals surface area (Å²) in [5, 5.41) is 6.90. The number of nitrogens with zero attached hydrogens (tertiary/aromatic N) is 2. The van der Waals surface area contributed by atoms with E-state index < -0.39 is 0 Å². The Hall–Kier alpha value is -3.08. The molecule has 4 rings (SSSR count). The van der Waals surface area contributed by atoms with Crippen LogP contribution in [0.25, 0.3) is 11.3 Å². The number of aromatic amines is 1. The molecule has 1 atom stereocenters. The summed E-state index contributed by atoms with van der Waals surface area (Å²) in [7, 11) is 0. The monoisotopic (exact) mass is 361 g/mol. The number of likely N-dealkylation sites (tertiary alicyclic amines) is 1. The maximum absolute atomic E-state index is 12.9. The van der Waals surface area contributed by atoms with Gasteiger partial charge in [0, 0.05) is 30.8 Å². The van der Waals surface area contributed by atoms with Crippen LogP contribution in [0, 0.1) is 5.92 Å². The van der Waals surface area contributed by atoms with Crippen LogP contribution < -0.4 is 4.74 Å². The van der Waals surface area contributed by atoms with Crippen LogP contribution in [0.5, 0.6) is 5.75 Å². The van der Waals surface area contributed by atoms with Crippen LogP contribution in [0.3, 0.4) is 0 Å². The first-order valence-corrected chi connectivity index (χ1v) is 9.36. The second-order valence-corrected chi connectivity index (χ2v) is 6.93. The topological polar surface area (TPSA) is 58.2 Å². The van der Waals surface area contributed by atoms with Gasteiger partial charge in [-0.1, -0.05) is 30.3 Å². The number of benzene rings is 2. The molecule has 2 heterocycles. The summed E-state index contributed by atoms with van der Waals surface area (Å²) >= 11 is 0. The van der Waals surface area contributed by atoms with Gasteiger partial charge in [-0.15, -0.1) is 0 Å². The lowest BCUT2D eigenvalue weighted by Crippen LogP contribution is -2.41. The highest BCUT2D eigenvalue weighted by Crippen LogP contribution is 2.22. The van der Waals surface area contributed by atoms with Gasteiger partial charge in [-0.05, 0) is 48.7 Å². The summed E-state index contributed by atoms with van der Waals surface area (Å²) in [5.41, 5.74) is 2.70. The van der Waals surface area contributed by atoms with Crippen molar-refractivity contribution in [3.8, 4) is 17.0 Å². The van der Waals surface area contributed by atoms with Gasteiger partial charge in [0.15, 0.2) is 0 Å². The fourth-order valence-corrected chi connectivity index (χ4v) is 3.51. The normalized spacial score (nSPS) is 16.9. The van der Waals surface area contributed by atoms with Crippen molar-refractivity contribution in [3.63, 3.8) is 0 Å². The van der Waals surface area contributed by atoms with Gasteiger partial charge in [0.25, 0.3) is 5.91 Å². The van der Waals surface area contributed by atoms with E-state index >= 15 is 0 Å². The molecule has 1 aliphatic heterocycles. The predicted molar refractivity (Wildman–Crippen MR) is 105 cm³/mol. The zero-order chi connectivity index (χ0) is 18.5. The van der Waals surface area contributed by atoms with E-state index in [0.717, 1.165) is 48.5 Å². The molecule has 1 aromatic heterocycles. The molecular weight excluding hydrogens is 338 g/mol. The molecule has 0 radical (unpaired) electrons. The number of rotatable bonds is 5. The number of amides is 1. The highest BCUT2D eigenvalue weighted by Gasteiger charge is 2.25. The van der Waals surface area contributed by atoms with Crippen molar-refractivity contribution in [2.75, 3.05) is 19.7 Å². The van der Waals surface area contributed by atoms with Gasteiger partial charge in [0.1, 0.15) is 5.75 Å². The van der Waals surface area contributed by atoms with E-state index in [1.54, 1.807) is 6.20 Å². The first-order chi connectivity index (χ1) is 13.3. The van der Waals surface area contributed by atoms with E-state index in [-0.39, 0.29) is 5.91 Å². The smallest absolute Gasteiger partial charge is 0.253 e. The molecule has 0 aliphatic carbocycles. The number of aromatic nitrogens is 2. The van der Waals surface area contributed by atoms with Crippen LogP contribution in [-0.2, 0) is 0 Å². The average Bonchev–Trinajstić information content (AvgIpc) is 3.28. The fourth-order valence-electron chi connectivity index (χ4n) is 3.51. The Kier molecular flexibility index (Phi) is 5.19. The van der Waals surface area contributed by atoms with Gasteiger partial charge >= 0.3 is 0 Å². The third kappa shape index (κ3) is 4.19. The first-order valence-electron chi connectivity index (χ1n) is 9.36. The Balaban J connectivity index is 1.36. The van der Waals surface area contributed by atoms with Gasteiger partial charge in [-0.25, -0.2) is 0 Å². The van der Waals surface area contributed by atoms with Crippen LogP contribution in [0.2, 0.25) is 0 Å². The third-order valence-electron chi connectivity index (χ3n) is 4.98. The molecule has 0 spiro atoms. The van der Waals surface area contributed by atoms with E-state index in [9.17, 15) is 4.79 Å². The summed E-state index contributed by atoms with van der Waals surface area (Å²) in [6.07, 6.45) is 3.83. The number of hydrogen-bond acceptors (Lipinski definition) is 3. The molecule has 1 fully saturated rings. The lowest BCUT2D eigenvalue weighted by Gasteiger charge is -2.32. The second kappa shape index (κ2) is 8.08. The Bertz CT molecular complexity index is 860. The number of carbonyl (C=O) groups excluding carboxylic acids is 1. The lowest BCUT2D eigenvalue weighted by molar-refractivity contribution is 0.0633. The zero-order valence-electron chi connectivity index (χ0n) is 15.2. The van der Waals surface area contributed by atoms with Crippen molar-refractivity contribution in [1.29, 1.82) is 0 Å². The molecule has 5 heteroatoms. The van der Waals surface area contributed by atoms with E-state index in [4.69, 9.17) is 4.74 Å². The molecule has 0 bridgehead atoms. The average molecular weight is 361 g/mol. The van der Waals surface area contributed by atoms with Crippen molar-refractivity contribution in [2.45, 2.75) is 12.8 Å². The van der Waals surface area contributed by atoms with Crippen molar-refractivity contribution >= 4 is 5.91 Å². The number of nitrogens with one attached hydrogen (secondary N) is 1. The number of H-pyrrole nitrogens is 1. The first kappa shape index (κ1) is 17.3. The Morgan fingerprint density at radius 2 is 1.93 bits per heavy atom. The van der Waals surface area contributed by atoms with Gasteiger partial charge in [0.2, 0.25) is 0 Å². The molecule has 138 valence electrons. The quantitative estimate of drug-likeness (QED) is 0.747. The van der Waals surface area contributed by atoms with Crippen LogP contribution in [0.4, 0.5) is 0 Å². The number of ether oxygens (including phenoxy) is 1. The summed E-state index contributed by atoms with van der Waals surface area (Å²) < 4.78 is 5.89. The summed E-state index contributed by atoms with van der Waals surface area (Å²) in [6, 6.07) is 19.5. The minimum Gasteiger partial charge on any atom is -0.493 e.